The maximum Gasteiger partial charge on any atom is 0.173 e. The Morgan fingerprint density at radius 3 is 2.14 bits per heavy atom. The lowest BCUT2D eigenvalue weighted by molar-refractivity contribution is 0.502. The summed E-state index contributed by atoms with van der Waals surface area (Å²) in [6, 6.07) is 6.74. The molecule has 0 saturated heterocycles. The second kappa shape index (κ2) is 9.15. The van der Waals surface area contributed by atoms with Crippen LogP contribution in [0.4, 0.5) is 5.69 Å². The Bertz CT molecular complexity index is 529. The first kappa shape index (κ1) is 18.1. The van der Waals surface area contributed by atoms with Gasteiger partial charge in [0.05, 0.1) is 6.54 Å². The molecule has 0 aliphatic carbocycles. The zero-order valence-electron chi connectivity index (χ0n) is 14.7. The molecule has 1 N–H and O–H groups in total. The van der Waals surface area contributed by atoms with Crippen LogP contribution in [0.5, 0.6) is 0 Å². The molecule has 0 aliphatic rings. The van der Waals surface area contributed by atoms with E-state index in [2.05, 4.69) is 62.8 Å². The third kappa shape index (κ3) is 5.44. The van der Waals surface area contributed by atoms with Gasteiger partial charge in [-0.3, -0.25) is 5.41 Å². The average Bonchev–Trinajstić information content (AvgIpc) is 2.54. The van der Waals surface area contributed by atoms with Crippen LogP contribution < -0.4 is 4.90 Å². The summed E-state index contributed by atoms with van der Waals surface area (Å²) in [6.45, 7) is 7.99. The van der Waals surface area contributed by atoms with E-state index in [1.807, 2.05) is 11.9 Å². The highest BCUT2D eigenvalue weighted by molar-refractivity contribution is 5.95. The van der Waals surface area contributed by atoms with Gasteiger partial charge >= 0.3 is 0 Å². The third-order valence-electron chi connectivity index (χ3n) is 3.76. The molecule has 0 radical (unpaired) electrons. The predicted molar refractivity (Wildman–Crippen MR) is 96.9 cm³/mol. The van der Waals surface area contributed by atoms with E-state index in [1.165, 1.54) is 16.8 Å². The highest BCUT2D eigenvalue weighted by Crippen LogP contribution is 2.19. The van der Waals surface area contributed by atoms with E-state index in [9.17, 15) is 0 Å². The van der Waals surface area contributed by atoms with Crippen LogP contribution in [-0.4, -0.2) is 37.9 Å². The van der Waals surface area contributed by atoms with Gasteiger partial charge in [-0.1, -0.05) is 32.8 Å². The van der Waals surface area contributed by atoms with Crippen LogP contribution in [-0.2, 0) is 12.8 Å². The maximum atomic E-state index is 7.91. The summed E-state index contributed by atoms with van der Waals surface area (Å²) in [6.07, 6.45) is 3.13. The van der Waals surface area contributed by atoms with Gasteiger partial charge < -0.3 is 9.80 Å². The van der Waals surface area contributed by atoms with E-state index in [0.29, 0.717) is 12.4 Å². The topological polar surface area (TPSA) is 30.3 Å². The van der Waals surface area contributed by atoms with Gasteiger partial charge in [-0.2, -0.15) is 0 Å². The van der Waals surface area contributed by atoms with Crippen LogP contribution in [0.15, 0.2) is 18.2 Å². The van der Waals surface area contributed by atoms with Gasteiger partial charge in [0.15, 0.2) is 5.84 Å². The summed E-state index contributed by atoms with van der Waals surface area (Å²) in [5.74, 6) is 6.45. The van der Waals surface area contributed by atoms with E-state index in [0.717, 1.165) is 25.8 Å². The quantitative estimate of drug-likeness (QED) is 0.494. The molecule has 0 heterocycles. The molecule has 3 heteroatoms. The van der Waals surface area contributed by atoms with Crippen LogP contribution in [0.25, 0.3) is 0 Å². The molecule has 1 rings (SSSR count). The van der Waals surface area contributed by atoms with Crippen LogP contribution in [0.2, 0.25) is 0 Å². The van der Waals surface area contributed by atoms with Gasteiger partial charge in [0.2, 0.25) is 0 Å². The van der Waals surface area contributed by atoms with Crippen molar-refractivity contribution in [2.24, 2.45) is 0 Å². The number of nitrogens with zero attached hydrogens (tertiary/aromatic N) is 2. The van der Waals surface area contributed by atoms with Gasteiger partial charge in [0.25, 0.3) is 0 Å². The number of aryl methyl sites for hydroxylation is 2. The van der Waals surface area contributed by atoms with Crippen LogP contribution in [0.1, 0.15) is 38.3 Å². The number of rotatable bonds is 6. The minimum absolute atomic E-state index is 0.395. The standard InChI is InChI=1S/C19H29N3/c1-6-11-22(5)19(20)10-9-12-21(4)18-14-16(7-2)13-17(8-3)15-18/h13-15,20H,6-8,11-12H2,1-5H3. The highest BCUT2D eigenvalue weighted by atomic mass is 15.1. The van der Waals surface area contributed by atoms with Crippen LogP contribution >= 0.6 is 0 Å². The molecule has 22 heavy (non-hydrogen) atoms. The molecule has 0 bridgehead atoms. The van der Waals surface area contributed by atoms with Gasteiger partial charge in [0, 0.05) is 26.3 Å². The summed E-state index contributed by atoms with van der Waals surface area (Å²) in [5.41, 5.74) is 3.94. The summed E-state index contributed by atoms with van der Waals surface area (Å²) in [7, 11) is 3.98. The molecule has 0 amide bonds. The van der Waals surface area contributed by atoms with Gasteiger partial charge in [-0.25, -0.2) is 0 Å². The number of anilines is 1. The lowest BCUT2D eigenvalue weighted by atomic mass is 10.1. The average molecular weight is 299 g/mol. The summed E-state index contributed by atoms with van der Waals surface area (Å²) >= 11 is 0. The Labute approximate surface area is 135 Å². The monoisotopic (exact) mass is 299 g/mol. The van der Waals surface area contributed by atoms with Crippen molar-refractivity contribution in [3.05, 3.63) is 29.3 Å². The van der Waals surface area contributed by atoms with Crippen molar-refractivity contribution in [2.45, 2.75) is 40.0 Å². The van der Waals surface area contributed by atoms with Crippen LogP contribution in [0, 0.1) is 17.3 Å². The predicted octanol–water partition coefficient (Wildman–Crippen LogP) is 3.57. The highest BCUT2D eigenvalue weighted by Gasteiger charge is 2.03. The Kier molecular flexibility index (Phi) is 7.52. The minimum Gasteiger partial charge on any atom is -0.363 e. The number of nitrogens with one attached hydrogen (secondary N) is 1. The molecule has 0 aromatic heterocycles. The van der Waals surface area contributed by atoms with E-state index in [-0.39, 0.29) is 0 Å². The van der Waals surface area contributed by atoms with Crippen molar-refractivity contribution >= 4 is 11.5 Å². The van der Waals surface area contributed by atoms with E-state index in [1.54, 1.807) is 0 Å². The molecule has 1 aromatic carbocycles. The fraction of sp³-hybridized carbons (Fsp3) is 0.526. The Morgan fingerprint density at radius 2 is 1.64 bits per heavy atom. The summed E-state index contributed by atoms with van der Waals surface area (Å²) < 4.78 is 0. The minimum atomic E-state index is 0.395. The molecule has 0 spiro atoms. The fourth-order valence-electron chi connectivity index (χ4n) is 2.25. The summed E-state index contributed by atoms with van der Waals surface area (Å²) in [5, 5.41) is 7.91. The first-order valence-electron chi connectivity index (χ1n) is 8.14. The molecule has 0 unspecified atom stereocenters. The normalized spacial score (nSPS) is 9.86. The maximum absolute atomic E-state index is 7.91. The molecule has 0 saturated carbocycles. The molecule has 3 nitrogen and oxygen atoms in total. The Morgan fingerprint density at radius 1 is 1.05 bits per heavy atom. The van der Waals surface area contributed by atoms with E-state index < -0.39 is 0 Å². The lowest BCUT2D eigenvalue weighted by Crippen LogP contribution is -2.25. The molecule has 120 valence electrons. The summed E-state index contributed by atoms with van der Waals surface area (Å²) in [4.78, 5) is 4.04. The molecular weight excluding hydrogens is 270 g/mol. The molecule has 0 aliphatic heterocycles. The lowest BCUT2D eigenvalue weighted by Gasteiger charge is -2.19. The zero-order valence-corrected chi connectivity index (χ0v) is 14.7. The van der Waals surface area contributed by atoms with Crippen molar-refractivity contribution in [3.8, 4) is 11.8 Å². The first-order valence-corrected chi connectivity index (χ1v) is 8.14. The van der Waals surface area contributed by atoms with Gasteiger partial charge in [0.1, 0.15) is 0 Å². The van der Waals surface area contributed by atoms with E-state index >= 15 is 0 Å². The molecule has 1 aromatic rings. The van der Waals surface area contributed by atoms with Crippen molar-refractivity contribution in [3.63, 3.8) is 0 Å². The zero-order chi connectivity index (χ0) is 16.5. The first-order chi connectivity index (χ1) is 10.5. The number of hydrogen-bond donors (Lipinski definition) is 1. The van der Waals surface area contributed by atoms with Crippen LogP contribution in [0.3, 0.4) is 0 Å². The number of amidine groups is 1. The van der Waals surface area contributed by atoms with Crippen molar-refractivity contribution in [2.75, 3.05) is 32.1 Å². The molecule has 0 atom stereocenters. The largest absolute Gasteiger partial charge is 0.363 e. The van der Waals surface area contributed by atoms with Crippen molar-refractivity contribution < 1.29 is 0 Å². The molecular formula is C19H29N3. The van der Waals surface area contributed by atoms with E-state index in [4.69, 9.17) is 5.41 Å². The van der Waals surface area contributed by atoms with Crippen molar-refractivity contribution in [1.29, 1.82) is 5.41 Å². The second-order valence-corrected chi connectivity index (χ2v) is 5.64. The second-order valence-electron chi connectivity index (χ2n) is 5.64. The molecule has 0 fully saturated rings. The number of benzene rings is 1. The fourth-order valence-corrected chi connectivity index (χ4v) is 2.25. The van der Waals surface area contributed by atoms with Crippen molar-refractivity contribution in [1.82, 2.24) is 4.90 Å². The third-order valence-corrected chi connectivity index (χ3v) is 3.76. The van der Waals surface area contributed by atoms with Gasteiger partial charge in [-0.15, -0.1) is 0 Å². The smallest absolute Gasteiger partial charge is 0.173 e. The Balaban J connectivity index is 2.74. The Hall–Kier alpha value is -1.95. The SMILES string of the molecule is CCCN(C)C(=N)C#CCN(C)c1cc(CC)cc(CC)c1. The van der Waals surface area contributed by atoms with Gasteiger partial charge in [-0.05, 0) is 48.4 Å². The number of hydrogen-bond acceptors (Lipinski definition) is 2.